The van der Waals surface area contributed by atoms with E-state index in [0.717, 1.165) is 46.8 Å². The Hall–Kier alpha value is -3.05. The van der Waals surface area contributed by atoms with Gasteiger partial charge >= 0.3 is 0 Å². The van der Waals surface area contributed by atoms with Crippen molar-refractivity contribution in [1.82, 2.24) is 0 Å². The van der Waals surface area contributed by atoms with E-state index in [1.165, 1.54) is 4.88 Å². The maximum atomic E-state index is 13.5. The number of thiophene rings is 1. The Morgan fingerprint density at radius 3 is 2.53 bits per heavy atom. The smallest absolute Gasteiger partial charge is 0.163 e. The lowest BCUT2D eigenvalue weighted by atomic mass is 9.81. The highest BCUT2D eigenvalue weighted by atomic mass is 32.1. The second-order valence-electron chi connectivity index (χ2n) is 8.59. The largest absolute Gasteiger partial charge is 0.491 e. The van der Waals surface area contributed by atoms with Crippen LogP contribution in [0.3, 0.4) is 0 Å². The number of rotatable bonds is 5. The standard InChI is InChI=1S/C27H28N2O2S/c1-3-17(2)31-20-12-10-18(11-13-20)27-26-23(28-21-7-4-5-8-22(21)29-27)15-19(16-24(26)30)25-9-6-14-32-25/h4-14,17,19,27-29H,3,15-16H2,1-2H3. The molecule has 0 fully saturated rings. The van der Waals surface area contributed by atoms with Crippen molar-refractivity contribution in [3.8, 4) is 5.75 Å². The third-order valence-corrected chi connectivity index (χ3v) is 7.41. The number of carbonyl (C=O) groups is 1. The molecule has 0 saturated heterocycles. The third-order valence-electron chi connectivity index (χ3n) is 6.38. The summed E-state index contributed by atoms with van der Waals surface area (Å²) < 4.78 is 5.96. The Kier molecular flexibility index (Phi) is 5.75. The van der Waals surface area contributed by atoms with Crippen molar-refractivity contribution in [1.29, 1.82) is 0 Å². The van der Waals surface area contributed by atoms with Crippen molar-refractivity contribution in [3.05, 3.63) is 87.8 Å². The Morgan fingerprint density at radius 2 is 1.81 bits per heavy atom. The Bertz CT molecular complexity index is 1130. The van der Waals surface area contributed by atoms with Gasteiger partial charge in [0.2, 0.25) is 0 Å². The molecule has 0 spiro atoms. The normalized spacial score (nSPS) is 21.0. The maximum Gasteiger partial charge on any atom is 0.163 e. The highest BCUT2D eigenvalue weighted by Crippen LogP contribution is 2.45. The van der Waals surface area contributed by atoms with Gasteiger partial charge in [0.1, 0.15) is 5.75 Å². The average molecular weight is 445 g/mol. The first kappa shape index (κ1) is 20.8. The molecule has 0 amide bonds. The van der Waals surface area contributed by atoms with E-state index in [1.807, 2.05) is 24.3 Å². The van der Waals surface area contributed by atoms with Gasteiger partial charge in [0.15, 0.2) is 5.78 Å². The van der Waals surface area contributed by atoms with Crippen molar-refractivity contribution >= 4 is 28.5 Å². The summed E-state index contributed by atoms with van der Waals surface area (Å²) in [6.07, 6.45) is 2.52. The maximum absolute atomic E-state index is 13.5. The summed E-state index contributed by atoms with van der Waals surface area (Å²) in [6, 6.07) is 20.4. The number of carbonyl (C=O) groups excluding carboxylic acids is 1. The number of anilines is 2. The highest BCUT2D eigenvalue weighted by Gasteiger charge is 2.36. The first-order valence-corrected chi connectivity index (χ1v) is 12.2. The van der Waals surface area contributed by atoms with Crippen LogP contribution in [0.5, 0.6) is 5.75 Å². The molecule has 4 nitrogen and oxygen atoms in total. The lowest BCUT2D eigenvalue weighted by Gasteiger charge is -2.29. The molecule has 5 rings (SSSR count). The molecule has 3 unspecified atom stereocenters. The topological polar surface area (TPSA) is 50.4 Å². The molecule has 0 saturated carbocycles. The number of fused-ring (bicyclic) bond motifs is 1. The van der Waals surface area contributed by atoms with Crippen LogP contribution in [0.15, 0.2) is 77.3 Å². The van der Waals surface area contributed by atoms with E-state index >= 15 is 0 Å². The van der Waals surface area contributed by atoms with Crippen LogP contribution in [0, 0.1) is 0 Å². The quantitative estimate of drug-likeness (QED) is 0.449. The SMILES string of the molecule is CCC(C)Oc1ccc(C2Nc3ccccc3NC3=C2C(=O)CC(c2cccs2)C3)cc1. The lowest BCUT2D eigenvalue weighted by Crippen LogP contribution is -2.26. The van der Waals surface area contributed by atoms with Gasteiger partial charge in [0.05, 0.1) is 23.5 Å². The third kappa shape index (κ3) is 4.05. The molecule has 1 aliphatic heterocycles. The molecule has 5 heteroatoms. The van der Waals surface area contributed by atoms with Gasteiger partial charge in [-0.25, -0.2) is 0 Å². The minimum atomic E-state index is -0.199. The van der Waals surface area contributed by atoms with Crippen LogP contribution in [-0.2, 0) is 4.79 Å². The van der Waals surface area contributed by atoms with Crippen LogP contribution in [0.2, 0.25) is 0 Å². The van der Waals surface area contributed by atoms with Gasteiger partial charge < -0.3 is 15.4 Å². The van der Waals surface area contributed by atoms with Crippen molar-refractivity contribution in [2.75, 3.05) is 10.6 Å². The summed E-state index contributed by atoms with van der Waals surface area (Å²) in [5.41, 5.74) is 4.97. The van der Waals surface area contributed by atoms with Crippen LogP contribution in [0.4, 0.5) is 11.4 Å². The molecular formula is C27H28N2O2S. The number of para-hydroxylation sites is 2. The van der Waals surface area contributed by atoms with E-state index in [-0.39, 0.29) is 23.8 Å². The molecule has 0 bridgehead atoms. The summed E-state index contributed by atoms with van der Waals surface area (Å²) in [5.74, 6) is 1.30. The zero-order valence-electron chi connectivity index (χ0n) is 18.4. The van der Waals surface area contributed by atoms with Crippen LogP contribution in [0.1, 0.15) is 55.5 Å². The predicted octanol–water partition coefficient (Wildman–Crippen LogP) is 6.90. The number of nitrogens with one attached hydrogen (secondary N) is 2. The van der Waals surface area contributed by atoms with Crippen LogP contribution >= 0.6 is 11.3 Å². The van der Waals surface area contributed by atoms with Gasteiger partial charge in [-0.05, 0) is 61.0 Å². The van der Waals surface area contributed by atoms with Gasteiger partial charge in [0.25, 0.3) is 0 Å². The van der Waals surface area contributed by atoms with Crippen molar-refractivity contribution in [3.63, 3.8) is 0 Å². The van der Waals surface area contributed by atoms with Crippen molar-refractivity contribution in [2.24, 2.45) is 0 Å². The monoisotopic (exact) mass is 444 g/mol. The van der Waals surface area contributed by atoms with E-state index in [2.05, 4.69) is 66.3 Å². The minimum Gasteiger partial charge on any atom is -0.491 e. The van der Waals surface area contributed by atoms with Crippen LogP contribution in [0.25, 0.3) is 0 Å². The van der Waals surface area contributed by atoms with Gasteiger partial charge in [-0.15, -0.1) is 11.3 Å². The molecule has 3 aromatic rings. The molecule has 2 heterocycles. The van der Waals surface area contributed by atoms with Crippen LogP contribution in [-0.4, -0.2) is 11.9 Å². The highest BCUT2D eigenvalue weighted by molar-refractivity contribution is 7.10. The molecule has 3 atom stereocenters. The van der Waals surface area contributed by atoms with Gasteiger partial charge in [-0.2, -0.15) is 0 Å². The van der Waals surface area contributed by atoms with E-state index in [1.54, 1.807) is 11.3 Å². The lowest BCUT2D eigenvalue weighted by molar-refractivity contribution is -0.116. The number of ether oxygens (including phenoxy) is 1. The summed E-state index contributed by atoms with van der Waals surface area (Å²) in [6.45, 7) is 4.19. The minimum absolute atomic E-state index is 0.177. The number of hydrogen-bond donors (Lipinski definition) is 2. The van der Waals surface area contributed by atoms with E-state index in [4.69, 9.17) is 4.74 Å². The second-order valence-corrected chi connectivity index (χ2v) is 9.57. The van der Waals surface area contributed by atoms with E-state index in [0.29, 0.717) is 6.42 Å². The number of ketones is 1. The molecule has 2 aromatic carbocycles. The fourth-order valence-corrected chi connectivity index (χ4v) is 5.35. The number of benzene rings is 2. The van der Waals surface area contributed by atoms with Crippen molar-refractivity contribution < 1.29 is 9.53 Å². The molecule has 1 aliphatic carbocycles. The van der Waals surface area contributed by atoms with Crippen molar-refractivity contribution in [2.45, 2.75) is 51.2 Å². The molecule has 1 aromatic heterocycles. The summed E-state index contributed by atoms with van der Waals surface area (Å²) >= 11 is 1.73. The summed E-state index contributed by atoms with van der Waals surface area (Å²) in [4.78, 5) is 14.8. The Balaban J connectivity index is 1.53. The summed E-state index contributed by atoms with van der Waals surface area (Å²) in [7, 11) is 0. The first-order valence-electron chi connectivity index (χ1n) is 11.3. The van der Waals surface area contributed by atoms with E-state index in [9.17, 15) is 4.79 Å². The summed E-state index contributed by atoms with van der Waals surface area (Å²) in [5, 5.41) is 9.34. The number of allylic oxidation sites excluding steroid dienone is 1. The molecule has 2 N–H and O–H groups in total. The van der Waals surface area contributed by atoms with Gasteiger partial charge in [-0.1, -0.05) is 37.3 Å². The van der Waals surface area contributed by atoms with Crippen LogP contribution < -0.4 is 15.4 Å². The molecule has 2 aliphatic rings. The molecule has 164 valence electrons. The molecular weight excluding hydrogens is 416 g/mol. The predicted molar refractivity (Wildman–Crippen MR) is 132 cm³/mol. The number of hydrogen-bond acceptors (Lipinski definition) is 5. The van der Waals surface area contributed by atoms with E-state index < -0.39 is 0 Å². The zero-order chi connectivity index (χ0) is 22.1. The fourth-order valence-electron chi connectivity index (χ4n) is 4.52. The fraction of sp³-hybridized carbons (Fsp3) is 0.296. The molecule has 32 heavy (non-hydrogen) atoms. The Morgan fingerprint density at radius 1 is 1.03 bits per heavy atom. The van der Waals surface area contributed by atoms with Gasteiger partial charge in [0, 0.05) is 28.5 Å². The van der Waals surface area contributed by atoms with Gasteiger partial charge in [-0.3, -0.25) is 4.79 Å². The first-order chi connectivity index (χ1) is 15.6. The number of Topliss-reactive ketones (excluding diaryl/α,β-unsaturated/α-hetero) is 1. The average Bonchev–Trinajstić information content (AvgIpc) is 3.29. The second kappa shape index (κ2) is 8.83. The Labute approximate surface area is 193 Å². The zero-order valence-corrected chi connectivity index (χ0v) is 19.2. The molecule has 0 radical (unpaired) electrons.